The molecule has 0 nitrogen and oxygen atoms in total. The molecule has 2 heteroatoms. The highest BCUT2D eigenvalue weighted by Gasteiger charge is 2.11. The summed E-state index contributed by atoms with van der Waals surface area (Å²) in [7, 11) is 0. The predicted molar refractivity (Wildman–Crippen MR) is 77.8 cm³/mol. The lowest BCUT2D eigenvalue weighted by atomic mass is 9.99. The third kappa shape index (κ3) is 3.20. The van der Waals surface area contributed by atoms with Gasteiger partial charge in [-0.3, -0.25) is 0 Å². The van der Waals surface area contributed by atoms with Crippen LogP contribution in [0.15, 0.2) is 36.4 Å². The molecule has 0 aliphatic rings. The number of rotatable bonds is 4. The second-order valence-electron chi connectivity index (χ2n) is 5.13. The molecule has 2 aromatic rings. The van der Waals surface area contributed by atoms with Gasteiger partial charge < -0.3 is 0 Å². The van der Waals surface area contributed by atoms with Gasteiger partial charge in [0, 0.05) is 9.75 Å². The minimum atomic E-state index is -0.843. The van der Waals surface area contributed by atoms with E-state index in [1.165, 1.54) is 15.3 Å². The van der Waals surface area contributed by atoms with E-state index in [0.717, 1.165) is 5.56 Å². The first-order chi connectivity index (χ1) is 8.56. The van der Waals surface area contributed by atoms with Gasteiger partial charge in [0.2, 0.25) is 0 Å². The number of thiophene rings is 1. The highest BCUT2D eigenvalue weighted by Crippen LogP contribution is 2.30. The van der Waals surface area contributed by atoms with Crippen LogP contribution in [-0.2, 0) is 0 Å². The minimum absolute atomic E-state index is 0.389. The Hall–Kier alpha value is -1.15. The number of benzene rings is 1. The Balaban J connectivity index is 2.15. The molecule has 0 spiro atoms. The summed E-state index contributed by atoms with van der Waals surface area (Å²) in [5.74, 6) is 0.389. The summed E-state index contributed by atoms with van der Waals surface area (Å²) in [5.41, 5.74) is 1.97. The lowest BCUT2D eigenvalue weighted by molar-refractivity contribution is 0.289. The summed E-state index contributed by atoms with van der Waals surface area (Å²) in [6, 6.07) is 12.1. The summed E-state index contributed by atoms with van der Waals surface area (Å²) in [5, 5.41) is 0. The van der Waals surface area contributed by atoms with Crippen molar-refractivity contribution in [3.63, 3.8) is 0 Å². The van der Waals surface area contributed by atoms with E-state index in [-0.39, 0.29) is 0 Å². The summed E-state index contributed by atoms with van der Waals surface area (Å²) < 4.78 is 13.9. The van der Waals surface area contributed by atoms with Crippen molar-refractivity contribution in [2.45, 2.75) is 33.4 Å². The molecule has 2 rings (SSSR count). The zero-order valence-corrected chi connectivity index (χ0v) is 11.9. The van der Waals surface area contributed by atoms with Crippen molar-refractivity contribution in [3.05, 3.63) is 46.8 Å². The Bertz CT molecular complexity index is 496. The number of alkyl halides is 1. The number of halogens is 1. The molecule has 0 saturated heterocycles. The molecule has 0 bridgehead atoms. The molecule has 1 atom stereocenters. The van der Waals surface area contributed by atoms with Gasteiger partial charge in [-0.1, -0.05) is 38.1 Å². The van der Waals surface area contributed by atoms with Gasteiger partial charge >= 0.3 is 0 Å². The fourth-order valence-electron chi connectivity index (χ4n) is 2.00. The second kappa shape index (κ2) is 5.66. The molecule has 0 fully saturated rings. The SMILES string of the molecule is Cc1ccc(-c2ccc(C(F)CC(C)C)cc2)s1. The van der Waals surface area contributed by atoms with Crippen molar-refractivity contribution in [3.8, 4) is 10.4 Å². The van der Waals surface area contributed by atoms with E-state index in [1.807, 2.05) is 24.3 Å². The Morgan fingerprint density at radius 3 is 2.22 bits per heavy atom. The van der Waals surface area contributed by atoms with Crippen LogP contribution in [0.5, 0.6) is 0 Å². The molecule has 0 radical (unpaired) electrons. The van der Waals surface area contributed by atoms with Crippen LogP contribution in [-0.4, -0.2) is 0 Å². The largest absolute Gasteiger partial charge is 0.242 e. The zero-order valence-electron chi connectivity index (χ0n) is 11.1. The van der Waals surface area contributed by atoms with Crippen molar-refractivity contribution >= 4 is 11.3 Å². The van der Waals surface area contributed by atoms with Crippen molar-refractivity contribution in [2.75, 3.05) is 0 Å². The van der Waals surface area contributed by atoms with Crippen LogP contribution in [0, 0.1) is 12.8 Å². The molecule has 18 heavy (non-hydrogen) atoms. The van der Waals surface area contributed by atoms with Crippen LogP contribution in [0.25, 0.3) is 10.4 Å². The maximum absolute atomic E-state index is 13.9. The summed E-state index contributed by atoms with van der Waals surface area (Å²) >= 11 is 1.77. The van der Waals surface area contributed by atoms with E-state index in [4.69, 9.17) is 0 Å². The molecule has 0 amide bonds. The van der Waals surface area contributed by atoms with Gasteiger partial charge in [0.05, 0.1) is 0 Å². The maximum atomic E-state index is 13.9. The third-order valence-electron chi connectivity index (χ3n) is 2.98. The van der Waals surface area contributed by atoms with Crippen LogP contribution in [0.2, 0.25) is 0 Å². The normalized spacial score (nSPS) is 12.9. The third-order valence-corrected chi connectivity index (χ3v) is 4.03. The van der Waals surface area contributed by atoms with E-state index in [9.17, 15) is 4.39 Å². The van der Waals surface area contributed by atoms with Crippen molar-refractivity contribution < 1.29 is 4.39 Å². The van der Waals surface area contributed by atoms with E-state index >= 15 is 0 Å². The van der Waals surface area contributed by atoms with Crippen LogP contribution in [0.4, 0.5) is 4.39 Å². The first kappa shape index (κ1) is 13.3. The standard InChI is InChI=1S/C16H19FS/c1-11(2)10-15(17)13-5-7-14(8-6-13)16-9-4-12(3)18-16/h4-9,11,15H,10H2,1-3H3. The van der Waals surface area contributed by atoms with E-state index < -0.39 is 6.17 Å². The van der Waals surface area contributed by atoms with Crippen LogP contribution in [0.1, 0.15) is 36.9 Å². The van der Waals surface area contributed by atoms with Crippen molar-refractivity contribution in [1.82, 2.24) is 0 Å². The summed E-state index contributed by atoms with van der Waals surface area (Å²) in [4.78, 5) is 2.55. The van der Waals surface area contributed by atoms with E-state index in [0.29, 0.717) is 12.3 Å². The van der Waals surface area contributed by atoms with Crippen molar-refractivity contribution in [1.29, 1.82) is 0 Å². The zero-order chi connectivity index (χ0) is 13.1. The maximum Gasteiger partial charge on any atom is 0.125 e. The van der Waals surface area contributed by atoms with Crippen molar-refractivity contribution in [2.24, 2.45) is 5.92 Å². The average molecular weight is 262 g/mol. The molecule has 1 aromatic heterocycles. The second-order valence-corrected chi connectivity index (χ2v) is 6.42. The lowest BCUT2D eigenvalue weighted by Gasteiger charge is -2.11. The van der Waals surface area contributed by atoms with Gasteiger partial charge in [0.1, 0.15) is 6.17 Å². The molecule has 1 aromatic carbocycles. The smallest absolute Gasteiger partial charge is 0.125 e. The van der Waals surface area contributed by atoms with Gasteiger partial charge in [0.15, 0.2) is 0 Å². The monoisotopic (exact) mass is 262 g/mol. The van der Waals surface area contributed by atoms with Crippen LogP contribution >= 0.6 is 11.3 Å². The topological polar surface area (TPSA) is 0 Å². The van der Waals surface area contributed by atoms with Gasteiger partial charge in [-0.15, -0.1) is 11.3 Å². The molecular formula is C16H19FS. The number of hydrogen-bond donors (Lipinski definition) is 0. The number of hydrogen-bond acceptors (Lipinski definition) is 1. The highest BCUT2D eigenvalue weighted by atomic mass is 32.1. The summed E-state index contributed by atoms with van der Waals surface area (Å²) in [6.07, 6.45) is -0.249. The van der Waals surface area contributed by atoms with Crippen LogP contribution < -0.4 is 0 Å². The molecule has 1 heterocycles. The molecule has 0 N–H and O–H groups in total. The molecule has 0 aliphatic carbocycles. The summed E-state index contributed by atoms with van der Waals surface area (Å²) in [6.45, 7) is 6.20. The minimum Gasteiger partial charge on any atom is -0.242 e. The fraction of sp³-hybridized carbons (Fsp3) is 0.375. The lowest BCUT2D eigenvalue weighted by Crippen LogP contribution is -1.97. The molecule has 1 unspecified atom stereocenters. The average Bonchev–Trinajstić information content (AvgIpc) is 2.75. The highest BCUT2D eigenvalue weighted by molar-refractivity contribution is 7.15. The molecule has 0 saturated carbocycles. The number of aryl methyl sites for hydroxylation is 1. The Labute approximate surface area is 112 Å². The van der Waals surface area contributed by atoms with E-state index in [2.05, 4.69) is 32.9 Å². The quantitative estimate of drug-likeness (QED) is 0.655. The fourth-order valence-corrected chi connectivity index (χ4v) is 2.87. The predicted octanol–water partition coefficient (Wildman–Crippen LogP) is 5.78. The molecule has 96 valence electrons. The molecular weight excluding hydrogens is 243 g/mol. The van der Waals surface area contributed by atoms with Gasteiger partial charge in [-0.2, -0.15) is 0 Å². The Morgan fingerprint density at radius 2 is 1.72 bits per heavy atom. The van der Waals surface area contributed by atoms with Crippen LogP contribution in [0.3, 0.4) is 0 Å². The first-order valence-electron chi connectivity index (χ1n) is 6.37. The first-order valence-corrected chi connectivity index (χ1v) is 7.18. The van der Waals surface area contributed by atoms with Gasteiger partial charge in [0.25, 0.3) is 0 Å². The van der Waals surface area contributed by atoms with Gasteiger partial charge in [-0.25, -0.2) is 4.39 Å². The molecule has 0 aliphatic heterocycles. The van der Waals surface area contributed by atoms with E-state index in [1.54, 1.807) is 11.3 Å². The Morgan fingerprint density at radius 1 is 1.06 bits per heavy atom. The van der Waals surface area contributed by atoms with Gasteiger partial charge in [-0.05, 0) is 42.5 Å². The Kier molecular flexibility index (Phi) is 4.18.